The number of rotatable bonds is 5. The number of imidazole rings is 1. The second kappa shape index (κ2) is 8.62. The van der Waals surface area contributed by atoms with E-state index in [9.17, 15) is 0 Å². The van der Waals surface area contributed by atoms with Gasteiger partial charge in [0.25, 0.3) is 0 Å². The Hall–Kier alpha value is -3.79. The maximum Gasteiger partial charge on any atom is 0.136 e. The third kappa shape index (κ3) is 4.05. The first-order valence-electron chi connectivity index (χ1n) is 11.4. The molecule has 4 nitrogen and oxygen atoms in total. The Labute approximate surface area is 195 Å². The molecular weight excluding hydrogens is 406 g/mol. The average Bonchev–Trinajstić information content (AvgIpc) is 3.24. The van der Waals surface area contributed by atoms with E-state index in [1.54, 1.807) is 0 Å². The van der Waals surface area contributed by atoms with Crippen LogP contribution >= 0.6 is 0 Å². The molecule has 2 heterocycles. The van der Waals surface area contributed by atoms with Crippen LogP contribution in [0, 0.1) is 6.92 Å². The van der Waals surface area contributed by atoms with Gasteiger partial charge in [-0.05, 0) is 38.0 Å². The van der Waals surface area contributed by atoms with E-state index in [0.717, 1.165) is 40.4 Å². The molecule has 5 rings (SSSR count). The molecule has 0 bridgehead atoms. The summed E-state index contributed by atoms with van der Waals surface area (Å²) < 4.78 is 8.67. The first-order chi connectivity index (χ1) is 16.0. The molecular formula is C29H29N3O. The Balaban J connectivity index is 1.51. The lowest BCUT2D eigenvalue weighted by atomic mass is 9.92. The molecule has 0 radical (unpaired) electrons. The summed E-state index contributed by atoms with van der Waals surface area (Å²) in [6.07, 6.45) is 4.63. The Kier molecular flexibility index (Phi) is 5.51. The second-order valence-corrected chi connectivity index (χ2v) is 8.90. The third-order valence-corrected chi connectivity index (χ3v) is 6.28. The van der Waals surface area contributed by atoms with E-state index in [2.05, 4.69) is 91.7 Å². The number of fused-ring (bicyclic) bond motifs is 1. The quantitative estimate of drug-likeness (QED) is 0.369. The fourth-order valence-corrected chi connectivity index (χ4v) is 4.67. The van der Waals surface area contributed by atoms with Crippen molar-refractivity contribution in [3.63, 3.8) is 0 Å². The largest absolute Gasteiger partial charge is 0.456 e. The first kappa shape index (κ1) is 21.1. The SMILES string of the molecule is CC1=C(c2ccccc2)Oc2c(cc(C)cc2[C@@H](C)Nc2ccccc2-c2cncn2C)C1. The number of hydrogen-bond donors (Lipinski definition) is 1. The van der Waals surface area contributed by atoms with Crippen molar-refractivity contribution in [2.24, 2.45) is 7.05 Å². The van der Waals surface area contributed by atoms with Gasteiger partial charge < -0.3 is 14.6 Å². The van der Waals surface area contributed by atoms with Crippen LogP contribution in [-0.4, -0.2) is 9.55 Å². The third-order valence-electron chi connectivity index (χ3n) is 6.28. The highest BCUT2D eigenvalue weighted by atomic mass is 16.5. The molecule has 4 aromatic rings. The number of aryl methyl sites for hydroxylation is 2. The van der Waals surface area contributed by atoms with E-state index >= 15 is 0 Å². The van der Waals surface area contributed by atoms with Crippen LogP contribution in [0.2, 0.25) is 0 Å². The molecule has 166 valence electrons. The van der Waals surface area contributed by atoms with Crippen molar-refractivity contribution in [2.75, 3.05) is 5.32 Å². The van der Waals surface area contributed by atoms with Crippen LogP contribution in [-0.2, 0) is 13.5 Å². The van der Waals surface area contributed by atoms with Crippen molar-refractivity contribution >= 4 is 11.4 Å². The lowest BCUT2D eigenvalue weighted by molar-refractivity contribution is 0.481. The van der Waals surface area contributed by atoms with Crippen molar-refractivity contribution in [2.45, 2.75) is 33.2 Å². The summed E-state index contributed by atoms with van der Waals surface area (Å²) in [6.45, 7) is 6.52. The summed E-state index contributed by atoms with van der Waals surface area (Å²) in [5.74, 6) is 1.94. The maximum absolute atomic E-state index is 6.62. The van der Waals surface area contributed by atoms with Crippen LogP contribution < -0.4 is 10.1 Å². The summed E-state index contributed by atoms with van der Waals surface area (Å²) in [5.41, 5.74) is 9.33. The standard InChI is InChI=1S/C29H29N3O/c1-19-14-23-16-20(2)28(22-10-6-5-7-11-22)33-29(23)25(15-19)21(3)31-26-13-9-8-12-24(26)27-17-30-18-32(27)4/h5-15,17-18,21,31H,16H2,1-4H3/t21-/m1/s1. The molecule has 0 amide bonds. The van der Waals surface area contributed by atoms with Gasteiger partial charge in [-0.15, -0.1) is 0 Å². The van der Waals surface area contributed by atoms with Crippen molar-refractivity contribution in [3.05, 3.63) is 107 Å². The normalized spacial score (nSPS) is 13.9. The number of ether oxygens (including phenoxy) is 1. The van der Waals surface area contributed by atoms with Gasteiger partial charge in [-0.3, -0.25) is 0 Å². The minimum absolute atomic E-state index is 0.0588. The number of allylic oxidation sites excluding steroid dienone is 1. The summed E-state index contributed by atoms with van der Waals surface area (Å²) >= 11 is 0. The van der Waals surface area contributed by atoms with Gasteiger partial charge in [-0.2, -0.15) is 0 Å². The molecule has 0 spiro atoms. The number of benzene rings is 3. The zero-order valence-corrected chi connectivity index (χ0v) is 19.6. The molecule has 1 atom stereocenters. The molecule has 0 unspecified atom stereocenters. The van der Waals surface area contributed by atoms with E-state index in [-0.39, 0.29) is 6.04 Å². The highest BCUT2D eigenvalue weighted by molar-refractivity contribution is 5.76. The van der Waals surface area contributed by atoms with Gasteiger partial charge in [0.05, 0.1) is 24.3 Å². The zero-order valence-electron chi connectivity index (χ0n) is 19.6. The Morgan fingerprint density at radius 2 is 1.76 bits per heavy atom. The minimum Gasteiger partial charge on any atom is -0.456 e. The summed E-state index contributed by atoms with van der Waals surface area (Å²) in [5, 5.41) is 3.75. The lowest BCUT2D eigenvalue weighted by Gasteiger charge is -2.28. The van der Waals surface area contributed by atoms with Gasteiger partial charge in [0.2, 0.25) is 0 Å². The maximum atomic E-state index is 6.62. The van der Waals surface area contributed by atoms with Gasteiger partial charge in [0, 0.05) is 35.8 Å². The second-order valence-electron chi connectivity index (χ2n) is 8.90. The van der Waals surface area contributed by atoms with E-state index in [4.69, 9.17) is 4.74 Å². The molecule has 0 saturated carbocycles. The molecule has 1 aliphatic heterocycles. The molecule has 0 aliphatic carbocycles. The van der Waals surface area contributed by atoms with Crippen LogP contribution in [0.25, 0.3) is 17.0 Å². The van der Waals surface area contributed by atoms with Crippen LogP contribution in [0.15, 0.2) is 84.8 Å². The van der Waals surface area contributed by atoms with Crippen LogP contribution in [0.5, 0.6) is 5.75 Å². The summed E-state index contributed by atoms with van der Waals surface area (Å²) in [4.78, 5) is 4.30. The number of hydrogen-bond acceptors (Lipinski definition) is 3. The van der Waals surface area contributed by atoms with Crippen LogP contribution in [0.4, 0.5) is 5.69 Å². The minimum atomic E-state index is 0.0588. The summed E-state index contributed by atoms with van der Waals surface area (Å²) in [6, 6.07) is 23.3. The molecule has 3 aromatic carbocycles. The molecule has 4 heteroatoms. The van der Waals surface area contributed by atoms with Crippen molar-refractivity contribution in [1.29, 1.82) is 0 Å². The average molecular weight is 436 g/mol. The van der Waals surface area contributed by atoms with Gasteiger partial charge >= 0.3 is 0 Å². The number of nitrogens with one attached hydrogen (secondary N) is 1. The number of para-hydroxylation sites is 1. The smallest absolute Gasteiger partial charge is 0.136 e. The van der Waals surface area contributed by atoms with Crippen molar-refractivity contribution in [1.82, 2.24) is 9.55 Å². The van der Waals surface area contributed by atoms with Crippen LogP contribution in [0.3, 0.4) is 0 Å². The molecule has 1 aromatic heterocycles. The van der Waals surface area contributed by atoms with E-state index in [1.165, 1.54) is 22.3 Å². The Bertz CT molecular complexity index is 1330. The molecule has 33 heavy (non-hydrogen) atoms. The van der Waals surface area contributed by atoms with Gasteiger partial charge in [0.15, 0.2) is 0 Å². The topological polar surface area (TPSA) is 39.1 Å². The van der Waals surface area contributed by atoms with Crippen molar-refractivity contribution < 1.29 is 4.74 Å². The van der Waals surface area contributed by atoms with Crippen molar-refractivity contribution in [3.8, 4) is 17.0 Å². The molecule has 0 fully saturated rings. The van der Waals surface area contributed by atoms with Gasteiger partial charge in [-0.1, -0.05) is 66.2 Å². The highest BCUT2D eigenvalue weighted by Crippen LogP contribution is 2.41. The predicted octanol–water partition coefficient (Wildman–Crippen LogP) is 6.93. The van der Waals surface area contributed by atoms with E-state index < -0.39 is 0 Å². The van der Waals surface area contributed by atoms with Crippen LogP contribution in [0.1, 0.15) is 42.1 Å². The highest BCUT2D eigenvalue weighted by Gasteiger charge is 2.24. The summed E-state index contributed by atoms with van der Waals surface area (Å²) in [7, 11) is 2.02. The molecule has 1 aliphatic rings. The fraction of sp³-hybridized carbons (Fsp3) is 0.207. The molecule has 0 saturated heterocycles. The Morgan fingerprint density at radius 3 is 2.52 bits per heavy atom. The monoisotopic (exact) mass is 435 g/mol. The number of anilines is 1. The fourth-order valence-electron chi connectivity index (χ4n) is 4.67. The number of nitrogens with zero attached hydrogens (tertiary/aromatic N) is 2. The zero-order chi connectivity index (χ0) is 22.9. The van der Waals surface area contributed by atoms with E-state index in [0.29, 0.717) is 0 Å². The first-order valence-corrected chi connectivity index (χ1v) is 11.4. The van der Waals surface area contributed by atoms with E-state index in [1.807, 2.05) is 30.2 Å². The predicted molar refractivity (Wildman–Crippen MR) is 135 cm³/mol. The van der Waals surface area contributed by atoms with Gasteiger partial charge in [0.1, 0.15) is 11.5 Å². The van der Waals surface area contributed by atoms with Gasteiger partial charge in [-0.25, -0.2) is 4.98 Å². The lowest BCUT2D eigenvalue weighted by Crippen LogP contribution is -2.15. The molecule has 1 N–H and O–H groups in total. The Morgan fingerprint density at radius 1 is 1.00 bits per heavy atom. The number of aromatic nitrogens is 2.